The van der Waals surface area contributed by atoms with Gasteiger partial charge in [0.25, 0.3) is 0 Å². The molecule has 0 bridgehead atoms. The summed E-state index contributed by atoms with van der Waals surface area (Å²) in [7, 11) is 2.17. The van der Waals surface area contributed by atoms with E-state index in [9.17, 15) is 5.26 Å². The van der Waals surface area contributed by atoms with Gasteiger partial charge in [0.2, 0.25) is 5.88 Å². The van der Waals surface area contributed by atoms with Crippen molar-refractivity contribution in [3.05, 3.63) is 81.6 Å². The number of aromatic nitrogens is 3. The minimum Gasteiger partial charge on any atom is -0.473 e. The number of nitrogen functional groups attached to an aromatic ring is 1. The molecule has 224 valence electrons. The van der Waals surface area contributed by atoms with Gasteiger partial charge in [-0.25, -0.2) is 4.98 Å². The molecule has 2 aromatic carbocycles. The summed E-state index contributed by atoms with van der Waals surface area (Å²) in [6, 6.07) is 17.2. The zero-order valence-corrected chi connectivity index (χ0v) is 25.3. The van der Waals surface area contributed by atoms with Crippen LogP contribution in [0.25, 0.3) is 11.5 Å². The Morgan fingerprint density at radius 2 is 1.89 bits per heavy atom. The number of nitriles is 1. The minimum absolute atomic E-state index is 0.0202. The van der Waals surface area contributed by atoms with Crippen LogP contribution in [0.1, 0.15) is 78.2 Å². The number of aryl methyl sites for hydroxylation is 1. The highest BCUT2D eigenvalue weighted by Gasteiger charge is 2.49. The van der Waals surface area contributed by atoms with Crippen molar-refractivity contribution in [1.82, 2.24) is 20.0 Å². The fourth-order valence-electron chi connectivity index (χ4n) is 8.30. The van der Waals surface area contributed by atoms with Crippen LogP contribution in [-0.2, 0) is 31.3 Å². The maximum Gasteiger partial charge on any atom is 0.219 e. The predicted octanol–water partition coefficient (Wildman–Crippen LogP) is 5.54. The highest BCUT2D eigenvalue weighted by molar-refractivity contribution is 5.68. The molecule has 4 aliphatic rings. The molecule has 2 N–H and O–H groups in total. The number of benzene rings is 2. The number of ether oxygens (including phenoxy) is 1. The van der Waals surface area contributed by atoms with Gasteiger partial charge in [0.05, 0.1) is 11.0 Å². The second-order valence-electron chi connectivity index (χ2n) is 13.0. The largest absolute Gasteiger partial charge is 0.473 e. The molecular weight excluding hydrogens is 550 g/mol. The number of rotatable bonds is 5. The van der Waals surface area contributed by atoms with E-state index < -0.39 is 5.41 Å². The van der Waals surface area contributed by atoms with Crippen LogP contribution in [0.5, 0.6) is 5.88 Å². The summed E-state index contributed by atoms with van der Waals surface area (Å²) in [5, 5.41) is 14.8. The third-order valence-corrected chi connectivity index (χ3v) is 10.5. The number of nitrogens with zero attached hydrogens (tertiary/aromatic N) is 6. The summed E-state index contributed by atoms with van der Waals surface area (Å²) in [4.78, 5) is 14.7. The number of nitrogens with two attached hydrogens (primary N) is 1. The van der Waals surface area contributed by atoms with Crippen molar-refractivity contribution in [2.24, 2.45) is 0 Å². The second-order valence-corrected chi connectivity index (χ2v) is 13.0. The van der Waals surface area contributed by atoms with Gasteiger partial charge in [0.1, 0.15) is 18.0 Å². The Hall–Kier alpha value is -4.42. The van der Waals surface area contributed by atoms with Crippen molar-refractivity contribution in [1.29, 1.82) is 5.26 Å². The first-order chi connectivity index (χ1) is 21.4. The van der Waals surface area contributed by atoms with Crippen LogP contribution in [0.4, 0.5) is 11.5 Å². The molecule has 3 atom stereocenters. The fraction of sp³-hybridized carbons (Fsp3) is 0.429. The van der Waals surface area contributed by atoms with E-state index in [4.69, 9.17) is 25.0 Å². The predicted molar refractivity (Wildman–Crippen MR) is 167 cm³/mol. The number of hydrogen-bond acceptors (Lipinski definition) is 9. The molecule has 2 aliphatic heterocycles. The van der Waals surface area contributed by atoms with Gasteiger partial charge in [-0.05, 0) is 93.8 Å². The van der Waals surface area contributed by atoms with Gasteiger partial charge in [-0.3, -0.25) is 4.90 Å². The van der Waals surface area contributed by atoms with E-state index in [1.54, 1.807) is 0 Å². The normalized spacial score (nSPS) is 22.9. The summed E-state index contributed by atoms with van der Waals surface area (Å²) in [6.07, 6.45) is 6.69. The van der Waals surface area contributed by atoms with E-state index in [1.165, 1.54) is 23.1 Å². The molecule has 1 fully saturated rings. The molecular formula is C35H37N7O2. The van der Waals surface area contributed by atoms with Crippen LogP contribution < -0.4 is 15.4 Å². The lowest BCUT2D eigenvalue weighted by molar-refractivity contribution is 0.117. The molecule has 1 saturated heterocycles. The van der Waals surface area contributed by atoms with Crippen LogP contribution >= 0.6 is 0 Å². The second kappa shape index (κ2) is 10.3. The van der Waals surface area contributed by atoms with Crippen molar-refractivity contribution in [3.8, 4) is 23.5 Å². The highest BCUT2D eigenvalue weighted by Crippen LogP contribution is 2.54. The Morgan fingerprint density at radius 3 is 2.64 bits per heavy atom. The standard InChI is InChI=1S/C35H37N7O2/c1-21(28-10-6-16-41(28)2)43-30-17-29(42-19-23-7-3-4-8-24(23)20-42)38-34(39-30)32-25-9-5-14-35(33(25)44-40-32)15-13-22-11-12-27(37)26(18-36)31(22)35/h3-4,7-8,11-12,17,21,28H,5-6,9-10,13-16,19-20,37H2,1-2H3/t21-,28-,35-/m0/s1. The molecule has 9 nitrogen and oxygen atoms in total. The number of likely N-dealkylation sites (tertiary alicyclic amines) is 1. The Kier molecular flexibility index (Phi) is 6.38. The van der Waals surface area contributed by atoms with Crippen LogP contribution in [0.3, 0.4) is 0 Å². The van der Waals surface area contributed by atoms with Gasteiger partial charge in [-0.1, -0.05) is 35.5 Å². The van der Waals surface area contributed by atoms with Crippen LogP contribution in [0.15, 0.2) is 47.0 Å². The molecule has 0 amide bonds. The fourth-order valence-corrected chi connectivity index (χ4v) is 8.30. The summed E-state index contributed by atoms with van der Waals surface area (Å²) in [5.41, 5.74) is 13.5. The lowest BCUT2D eigenvalue weighted by atomic mass is 9.68. The summed E-state index contributed by atoms with van der Waals surface area (Å²) in [5.74, 6) is 2.74. The average Bonchev–Trinajstić information content (AvgIpc) is 3.83. The molecule has 0 radical (unpaired) electrons. The number of likely N-dealkylation sites (N-methyl/N-ethyl adjacent to an activating group) is 1. The minimum atomic E-state index is -0.413. The van der Waals surface area contributed by atoms with Gasteiger partial charge in [-0.15, -0.1) is 0 Å². The van der Waals surface area contributed by atoms with Crippen molar-refractivity contribution >= 4 is 11.5 Å². The van der Waals surface area contributed by atoms with Crippen molar-refractivity contribution in [2.45, 2.75) is 82.5 Å². The van der Waals surface area contributed by atoms with Gasteiger partial charge in [-0.2, -0.15) is 10.2 Å². The van der Waals surface area contributed by atoms with Gasteiger partial charge in [0, 0.05) is 36.4 Å². The van der Waals surface area contributed by atoms with E-state index in [1.807, 2.05) is 12.1 Å². The Morgan fingerprint density at radius 1 is 1.07 bits per heavy atom. The molecule has 1 spiro atoms. The van der Waals surface area contributed by atoms with Crippen molar-refractivity contribution in [2.75, 3.05) is 24.2 Å². The third-order valence-electron chi connectivity index (χ3n) is 10.5. The van der Waals surface area contributed by atoms with Crippen molar-refractivity contribution in [3.63, 3.8) is 0 Å². The number of fused-ring (bicyclic) bond motifs is 5. The van der Waals surface area contributed by atoms with E-state index in [-0.39, 0.29) is 6.10 Å². The lowest BCUT2D eigenvalue weighted by Gasteiger charge is -2.33. The van der Waals surface area contributed by atoms with E-state index in [0.29, 0.717) is 34.7 Å². The molecule has 44 heavy (non-hydrogen) atoms. The molecule has 0 unspecified atom stereocenters. The third kappa shape index (κ3) is 4.19. The van der Waals surface area contributed by atoms with Crippen LogP contribution in [0.2, 0.25) is 0 Å². The Bertz CT molecular complexity index is 1780. The van der Waals surface area contributed by atoms with Crippen LogP contribution in [-0.4, -0.2) is 45.8 Å². The molecule has 2 aliphatic carbocycles. The van der Waals surface area contributed by atoms with Gasteiger partial charge < -0.3 is 19.9 Å². The monoisotopic (exact) mass is 587 g/mol. The Labute approximate surface area is 257 Å². The van der Waals surface area contributed by atoms with Crippen LogP contribution in [0, 0.1) is 11.3 Å². The smallest absolute Gasteiger partial charge is 0.219 e. The number of hydrogen-bond donors (Lipinski definition) is 1. The number of anilines is 2. The first-order valence-electron chi connectivity index (χ1n) is 15.8. The zero-order valence-electron chi connectivity index (χ0n) is 25.3. The summed E-state index contributed by atoms with van der Waals surface area (Å²) >= 11 is 0. The molecule has 9 heteroatoms. The van der Waals surface area contributed by atoms with E-state index in [0.717, 1.165) is 80.9 Å². The van der Waals surface area contributed by atoms with Gasteiger partial charge >= 0.3 is 0 Å². The molecule has 2 aromatic heterocycles. The molecule has 8 rings (SSSR count). The first-order valence-corrected chi connectivity index (χ1v) is 15.8. The molecule has 4 heterocycles. The summed E-state index contributed by atoms with van der Waals surface area (Å²) in [6.45, 7) is 4.78. The summed E-state index contributed by atoms with van der Waals surface area (Å²) < 4.78 is 12.9. The van der Waals surface area contributed by atoms with E-state index >= 15 is 0 Å². The molecule has 4 aromatic rings. The average molecular weight is 588 g/mol. The Balaban J connectivity index is 1.21. The first kappa shape index (κ1) is 27.2. The van der Waals surface area contributed by atoms with Crippen molar-refractivity contribution < 1.29 is 9.26 Å². The van der Waals surface area contributed by atoms with E-state index in [2.05, 4.69) is 65.3 Å². The zero-order chi connectivity index (χ0) is 30.0. The maximum atomic E-state index is 10.1. The SMILES string of the molecule is C[C@H](Oc1cc(N2Cc3ccccc3C2)nc(-c2noc3c2CCC[C@@]32CCc3ccc(N)c(C#N)c32)n1)[C@@H]1CCCN1C. The quantitative estimate of drug-likeness (QED) is 0.301. The van der Waals surface area contributed by atoms with Gasteiger partial charge in [0.15, 0.2) is 17.3 Å². The topological polar surface area (TPSA) is 117 Å². The lowest BCUT2D eigenvalue weighted by Crippen LogP contribution is -2.38. The maximum absolute atomic E-state index is 10.1. The molecule has 0 saturated carbocycles. The highest BCUT2D eigenvalue weighted by atomic mass is 16.5.